The van der Waals surface area contributed by atoms with Gasteiger partial charge in [0.1, 0.15) is 4.99 Å². The van der Waals surface area contributed by atoms with E-state index >= 15 is 0 Å². The van der Waals surface area contributed by atoms with Gasteiger partial charge in [0.2, 0.25) is 0 Å². The molecule has 20 heavy (non-hydrogen) atoms. The summed E-state index contributed by atoms with van der Waals surface area (Å²) in [7, 11) is 0. The summed E-state index contributed by atoms with van der Waals surface area (Å²) in [4.78, 5) is 0.434. The Labute approximate surface area is 126 Å². The van der Waals surface area contributed by atoms with Crippen LogP contribution >= 0.6 is 12.2 Å². The van der Waals surface area contributed by atoms with Crippen LogP contribution in [0.1, 0.15) is 30.4 Å². The van der Waals surface area contributed by atoms with Crippen LogP contribution in [0.2, 0.25) is 0 Å². The Hall–Kier alpha value is -1.87. The molecular formula is C17H20N2S. The van der Waals surface area contributed by atoms with Crippen LogP contribution in [0.5, 0.6) is 0 Å². The van der Waals surface area contributed by atoms with Gasteiger partial charge in [-0.1, -0.05) is 61.6 Å². The Morgan fingerprint density at radius 3 is 2.45 bits per heavy atom. The molecule has 3 N–H and O–H groups in total. The Morgan fingerprint density at radius 1 is 1.10 bits per heavy atom. The summed E-state index contributed by atoms with van der Waals surface area (Å²) >= 11 is 5.07. The van der Waals surface area contributed by atoms with E-state index in [0.29, 0.717) is 10.9 Å². The average molecular weight is 284 g/mol. The first kappa shape index (κ1) is 14.5. The molecule has 3 heteroatoms. The van der Waals surface area contributed by atoms with Crippen LogP contribution in [0.25, 0.3) is 0 Å². The van der Waals surface area contributed by atoms with Crippen LogP contribution in [0.3, 0.4) is 0 Å². The SMILES string of the molecule is CC(CCNc1ccccc1C(N)=S)c1ccccc1. The number of para-hydroxylation sites is 1. The second kappa shape index (κ2) is 7.06. The largest absolute Gasteiger partial charge is 0.389 e. The van der Waals surface area contributed by atoms with Crippen LogP contribution in [0, 0.1) is 0 Å². The molecule has 0 aromatic heterocycles. The summed E-state index contributed by atoms with van der Waals surface area (Å²) in [5, 5.41) is 3.43. The molecule has 2 rings (SSSR count). The van der Waals surface area contributed by atoms with Crippen molar-refractivity contribution in [2.75, 3.05) is 11.9 Å². The van der Waals surface area contributed by atoms with Gasteiger partial charge in [-0.25, -0.2) is 0 Å². The van der Waals surface area contributed by atoms with E-state index in [1.807, 2.05) is 30.3 Å². The maximum atomic E-state index is 5.73. The Bertz CT molecular complexity index is 566. The molecule has 0 spiro atoms. The van der Waals surface area contributed by atoms with Crippen molar-refractivity contribution >= 4 is 22.9 Å². The van der Waals surface area contributed by atoms with Gasteiger partial charge in [-0.15, -0.1) is 0 Å². The van der Waals surface area contributed by atoms with Gasteiger partial charge in [0.05, 0.1) is 0 Å². The monoisotopic (exact) mass is 284 g/mol. The second-order valence-corrected chi connectivity index (χ2v) is 5.38. The summed E-state index contributed by atoms with van der Waals surface area (Å²) in [6.45, 7) is 3.15. The first-order valence-electron chi connectivity index (χ1n) is 6.86. The highest BCUT2D eigenvalue weighted by atomic mass is 32.1. The minimum atomic E-state index is 0.434. The maximum absolute atomic E-state index is 5.73. The number of rotatable bonds is 6. The molecule has 0 fully saturated rings. The quantitative estimate of drug-likeness (QED) is 0.789. The van der Waals surface area contributed by atoms with Gasteiger partial charge in [-0.05, 0) is 30.0 Å². The van der Waals surface area contributed by atoms with Crippen molar-refractivity contribution < 1.29 is 0 Å². The van der Waals surface area contributed by atoms with Gasteiger partial charge in [0.15, 0.2) is 0 Å². The number of anilines is 1. The summed E-state index contributed by atoms with van der Waals surface area (Å²) in [6, 6.07) is 18.5. The number of hydrogen-bond acceptors (Lipinski definition) is 2. The zero-order chi connectivity index (χ0) is 14.4. The van der Waals surface area contributed by atoms with E-state index in [1.165, 1.54) is 5.56 Å². The van der Waals surface area contributed by atoms with Gasteiger partial charge in [-0.2, -0.15) is 0 Å². The van der Waals surface area contributed by atoms with E-state index in [0.717, 1.165) is 24.2 Å². The minimum Gasteiger partial charge on any atom is -0.389 e. The third-order valence-electron chi connectivity index (χ3n) is 3.45. The Balaban J connectivity index is 1.92. The normalized spacial score (nSPS) is 11.8. The molecule has 1 unspecified atom stereocenters. The Morgan fingerprint density at radius 2 is 1.75 bits per heavy atom. The van der Waals surface area contributed by atoms with Gasteiger partial charge in [0, 0.05) is 17.8 Å². The second-order valence-electron chi connectivity index (χ2n) is 4.94. The molecule has 0 amide bonds. The van der Waals surface area contributed by atoms with E-state index in [4.69, 9.17) is 18.0 Å². The lowest BCUT2D eigenvalue weighted by Gasteiger charge is -2.15. The molecule has 104 valence electrons. The summed E-state index contributed by atoms with van der Waals surface area (Å²) in [5.74, 6) is 0.528. The lowest BCUT2D eigenvalue weighted by molar-refractivity contribution is 0.706. The van der Waals surface area contributed by atoms with E-state index in [2.05, 4.69) is 36.5 Å². The average Bonchev–Trinajstić information content (AvgIpc) is 2.48. The molecule has 2 nitrogen and oxygen atoms in total. The lowest BCUT2D eigenvalue weighted by atomic mass is 9.98. The molecule has 0 saturated heterocycles. The van der Waals surface area contributed by atoms with Crippen molar-refractivity contribution in [2.45, 2.75) is 19.3 Å². The lowest BCUT2D eigenvalue weighted by Crippen LogP contribution is -2.14. The van der Waals surface area contributed by atoms with Crippen LogP contribution in [-0.4, -0.2) is 11.5 Å². The number of hydrogen-bond donors (Lipinski definition) is 2. The fourth-order valence-corrected chi connectivity index (χ4v) is 2.40. The highest BCUT2D eigenvalue weighted by Crippen LogP contribution is 2.20. The summed E-state index contributed by atoms with van der Waals surface area (Å²) in [6.07, 6.45) is 1.07. The van der Waals surface area contributed by atoms with Crippen molar-refractivity contribution in [2.24, 2.45) is 5.73 Å². The van der Waals surface area contributed by atoms with E-state index in [-0.39, 0.29) is 0 Å². The Kier molecular flexibility index (Phi) is 5.13. The zero-order valence-corrected chi connectivity index (χ0v) is 12.5. The fraction of sp³-hybridized carbons (Fsp3) is 0.235. The van der Waals surface area contributed by atoms with E-state index in [9.17, 15) is 0 Å². The maximum Gasteiger partial charge on any atom is 0.106 e. The first-order chi connectivity index (χ1) is 9.68. The molecule has 0 bridgehead atoms. The van der Waals surface area contributed by atoms with Crippen LogP contribution in [-0.2, 0) is 0 Å². The third-order valence-corrected chi connectivity index (χ3v) is 3.67. The van der Waals surface area contributed by atoms with E-state index < -0.39 is 0 Å². The van der Waals surface area contributed by atoms with Gasteiger partial charge >= 0.3 is 0 Å². The molecule has 0 heterocycles. The van der Waals surface area contributed by atoms with Crippen LogP contribution < -0.4 is 11.1 Å². The van der Waals surface area contributed by atoms with Crippen molar-refractivity contribution in [3.05, 3.63) is 65.7 Å². The molecule has 2 aromatic rings. The predicted molar refractivity (Wildman–Crippen MR) is 90.3 cm³/mol. The van der Waals surface area contributed by atoms with Crippen molar-refractivity contribution in [1.82, 2.24) is 0 Å². The first-order valence-corrected chi connectivity index (χ1v) is 7.27. The summed E-state index contributed by atoms with van der Waals surface area (Å²) in [5.41, 5.74) is 9.03. The number of nitrogens with one attached hydrogen (secondary N) is 1. The number of nitrogens with two attached hydrogens (primary N) is 1. The molecule has 0 aliphatic rings. The van der Waals surface area contributed by atoms with Crippen LogP contribution in [0.4, 0.5) is 5.69 Å². The van der Waals surface area contributed by atoms with Crippen LogP contribution in [0.15, 0.2) is 54.6 Å². The van der Waals surface area contributed by atoms with E-state index in [1.54, 1.807) is 0 Å². The molecule has 0 saturated carbocycles. The minimum absolute atomic E-state index is 0.434. The predicted octanol–water partition coefficient (Wildman–Crippen LogP) is 3.93. The number of benzene rings is 2. The fourth-order valence-electron chi connectivity index (χ4n) is 2.22. The molecule has 0 radical (unpaired) electrons. The highest BCUT2D eigenvalue weighted by molar-refractivity contribution is 7.80. The smallest absolute Gasteiger partial charge is 0.106 e. The highest BCUT2D eigenvalue weighted by Gasteiger charge is 2.06. The molecule has 2 aromatic carbocycles. The summed E-state index contributed by atoms with van der Waals surface area (Å²) < 4.78 is 0. The standard InChI is InChI=1S/C17H20N2S/c1-13(14-7-3-2-4-8-14)11-12-19-16-10-6-5-9-15(16)17(18)20/h2-10,13,19H,11-12H2,1H3,(H2,18,20). The number of thiocarbonyl (C=S) groups is 1. The molecule has 1 atom stereocenters. The third kappa shape index (κ3) is 3.81. The van der Waals surface area contributed by atoms with Gasteiger partial charge in [-0.3, -0.25) is 0 Å². The van der Waals surface area contributed by atoms with Crippen molar-refractivity contribution in [3.63, 3.8) is 0 Å². The van der Waals surface area contributed by atoms with Crippen molar-refractivity contribution in [3.8, 4) is 0 Å². The van der Waals surface area contributed by atoms with Gasteiger partial charge in [0.25, 0.3) is 0 Å². The zero-order valence-electron chi connectivity index (χ0n) is 11.7. The van der Waals surface area contributed by atoms with Gasteiger partial charge < -0.3 is 11.1 Å². The van der Waals surface area contributed by atoms with Crippen molar-refractivity contribution in [1.29, 1.82) is 0 Å². The molecule has 0 aliphatic heterocycles. The topological polar surface area (TPSA) is 38.0 Å². The molecular weight excluding hydrogens is 264 g/mol. The molecule has 0 aliphatic carbocycles.